The highest BCUT2D eigenvalue weighted by atomic mass is 16.7. The van der Waals surface area contributed by atoms with E-state index in [2.05, 4.69) is 0 Å². The summed E-state index contributed by atoms with van der Waals surface area (Å²) in [6, 6.07) is 14.4. The van der Waals surface area contributed by atoms with Crippen molar-refractivity contribution in [2.45, 2.75) is 12.6 Å². The van der Waals surface area contributed by atoms with Gasteiger partial charge in [-0.2, -0.15) is 0 Å². The number of hydrogen-bond acceptors (Lipinski definition) is 7. The van der Waals surface area contributed by atoms with Gasteiger partial charge in [0.15, 0.2) is 11.5 Å². The van der Waals surface area contributed by atoms with Crippen molar-refractivity contribution in [3.63, 3.8) is 0 Å². The largest absolute Gasteiger partial charge is 0.507 e. The first kappa shape index (κ1) is 19.7. The van der Waals surface area contributed by atoms with Crippen LogP contribution in [0.15, 0.2) is 70.9 Å². The fourth-order valence-electron chi connectivity index (χ4n) is 3.95. The molecule has 1 fully saturated rings. The van der Waals surface area contributed by atoms with Gasteiger partial charge in [-0.05, 0) is 42.0 Å². The van der Waals surface area contributed by atoms with Gasteiger partial charge in [0.05, 0.1) is 18.9 Å². The summed E-state index contributed by atoms with van der Waals surface area (Å²) in [5, 5.41) is 11.1. The lowest BCUT2D eigenvalue weighted by Crippen LogP contribution is -2.29. The van der Waals surface area contributed by atoms with Crippen LogP contribution in [0.5, 0.6) is 17.2 Å². The first-order valence-corrected chi connectivity index (χ1v) is 9.91. The van der Waals surface area contributed by atoms with Crippen molar-refractivity contribution in [3.8, 4) is 17.2 Å². The molecule has 32 heavy (non-hydrogen) atoms. The molecule has 1 atom stereocenters. The van der Waals surface area contributed by atoms with Gasteiger partial charge in [-0.3, -0.25) is 9.59 Å². The Kier molecular flexibility index (Phi) is 4.82. The van der Waals surface area contributed by atoms with Gasteiger partial charge in [0.25, 0.3) is 11.7 Å². The number of rotatable bonds is 5. The highest BCUT2D eigenvalue weighted by Gasteiger charge is 2.47. The van der Waals surface area contributed by atoms with E-state index in [1.807, 2.05) is 0 Å². The van der Waals surface area contributed by atoms with Crippen LogP contribution in [0.3, 0.4) is 0 Å². The molecule has 162 valence electrons. The van der Waals surface area contributed by atoms with E-state index in [0.717, 1.165) is 5.56 Å². The van der Waals surface area contributed by atoms with Gasteiger partial charge >= 0.3 is 0 Å². The number of aliphatic hydroxyl groups is 1. The van der Waals surface area contributed by atoms with Crippen LogP contribution >= 0.6 is 0 Å². The van der Waals surface area contributed by atoms with Gasteiger partial charge in [-0.25, -0.2) is 0 Å². The first-order valence-electron chi connectivity index (χ1n) is 9.91. The lowest BCUT2D eigenvalue weighted by atomic mass is 9.99. The smallest absolute Gasteiger partial charge is 0.296 e. The Labute approximate surface area is 183 Å². The Hall–Kier alpha value is -4.20. The minimum Gasteiger partial charge on any atom is -0.507 e. The van der Waals surface area contributed by atoms with Crippen molar-refractivity contribution in [2.75, 3.05) is 13.9 Å². The Morgan fingerprint density at radius 2 is 1.94 bits per heavy atom. The standard InChI is InChI=1S/C24H19NO7/c1-29-16-5-2-4-15(11-16)22(26)20-21(18-6-3-9-30-18)25(24(28)23(20)27)12-14-7-8-17-19(10-14)32-13-31-17/h2-11,21,26H,12-13H2,1H3/b22-20-. The summed E-state index contributed by atoms with van der Waals surface area (Å²) in [6.45, 7) is 0.248. The average molecular weight is 433 g/mol. The zero-order valence-electron chi connectivity index (χ0n) is 17.1. The van der Waals surface area contributed by atoms with E-state index in [1.165, 1.54) is 18.3 Å². The molecule has 1 saturated heterocycles. The van der Waals surface area contributed by atoms with E-state index in [4.69, 9.17) is 18.6 Å². The van der Waals surface area contributed by atoms with Crippen molar-refractivity contribution in [1.82, 2.24) is 4.90 Å². The third-order valence-corrected chi connectivity index (χ3v) is 5.49. The molecule has 0 saturated carbocycles. The van der Waals surface area contributed by atoms with Crippen LogP contribution in [-0.2, 0) is 16.1 Å². The van der Waals surface area contributed by atoms with Crippen LogP contribution in [0.4, 0.5) is 0 Å². The molecular formula is C24H19NO7. The zero-order valence-corrected chi connectivity index (χ0v) is 17.1. The van der Waals surface area contributed by atoms with Gasteiger partial charge in [0.1, 0.15) is 23.3 Å². The number of amides is 1. The predicted octanol–water partition coefficient (Wildman–Crippen LogP) is 3.64. The van der Waals surface area contributed by atoms with Crippen molar-refractivity contribution < 1.29 is 33.3 Å². The number of carbonyl (C=O) groups excluding carboxylic acids is 2. The minimum atomic E-state index is -0.887. The maximum Gasteiger partial charge on any atom is 0.296 e. The molecule has 5 rings (SSSR count). The van der Waals surface area contributed by atoms with Crippen LogP contribution in [0.1, 0.15) is 22.9 Å². The average Bonchev–Trinajstić information content (AvgIpc) is 3.55. The van der Waals surface area contributed by atoms with Gasteiger partial charge in [-0.15, -0.1) is 0 Å². The van der Waals surface area contributed by atoms with E-state index < -0.39 is 17.7 Å². The summed E-state index contributed by atoms with van der Waals surface area (Å²) < 4.78 is 21.5. The number of carbonyl (C=O) groups is 2. The normalized spacial score (nSPS) is 18.9. The Morgan fingerprint density at radius 1 is 1.09 bits per heavy atom. The molecule has 1 aromatic heterocycles. The molecule has 3 heterocycles. The van der Waals surface area contributed by atoms with Crippen LogP contribution < -0.4 is 14.2 Å². The summed E-state index contributed by atoms with van der Waals surface area (Å²) in [5.41, 5.74) is 1.06. The quantitative estimate of drug-likeness (QED) is 0.373. The predicted molar refractivity (Wildman–Crippen MR) is 112 cm³/mol. The summed E-state index contributed by atoms with van der Waals surface area (Å²) in [4.78, 5) is 27.4. The minimum absolute atomic E-state index is 0.0426. The molecule has 8 heteroatoms. The number of ketones is 1. The molecule has 2 aliphatic heterocycles. The van der Waals surface area contributed by atoms with Gasteiger partial charge in [0, 0.05) is 12.1 Å². The van der Waals surface area contributed by atoms with Gasteiger partial charge in [-0.1, -0.05) is 18.2 Å². The lowest BCUT2D eigenvalue weighted by Gasteiger charge is -2.23. The highest BCUT2D eigenvalue weighted by molar-refractivity contribution is 6.46. The molecule has 3 aromatic rings. The van der Waals surface area contributed by atoms with E-state index in [-0.39, 0.29) is 24.7 Å². The molecule has 2 aromatic carbocycles. The molecule has 2 aliphatic rings. The second-order valence-corrected chi connectivity index (χ2v) is 7.36. The monoisotopic (exact) mass is 433 g/mol. The molecular weight excluding hydrogens is 414 g/mol. The summed E-state index contributed by atoms with van der Waals surface area (Å²) in [5.74, 6) is 0.270. The molecule has 1 unspecified atom stereocenters. The molecule has 0 bridgehead atoms. The number of ether oxygens (including phenoxy) is 3. The van der Waals surface area contributed by atoms with Crippen molar-refractivity contribution >= 4 is 17.4 Å². The first-order chi connectivity index (χ1) is 15.6. The second-order valence-electron chi connectivity index (χ2n) is 7.36. The van der Waals surface area contributed by atoms with Crippen LogP contribution in [0.25, 0.3) is 5.76 Å². The van der Waals surface area contributed by atoms with Crippen molar-refractivity contribution in [3.05, 3.63) is 83.3 Å². The summed E-state index contributed by atoms with van der Waals surface area (Å²) >= 11 is 0. The van der Waals surface area contributed by atoms with E-state index in [0.29, 0.717) is 28.6 Å². The van der Waals surface area contributed by atoms with Crippen molar-refractivity contribution in [1.29, 1.82) is 0 Å². The molecule has 1 N–H and O–H groups in total. The van der Waals surface area contributed by atoms with Gasteiger partial charge < -0.3 is 28.6 Å². The third kappa shape index (κ3) is 3.26. The number of fused-ring (bicyclic) bond motifs is 1. The van der Waals surface area contributed by atoms with E-state index in [1.54, 1.807) is 54.6 Å². The molecule has 1 amide bonds. The van der Waals surface area contributed by atoms with E-state index in [9.17, 15) is 14.7 Å². The fourth-order valence-corrected chi connectivity index (χ4v) is 3.95. The van der Waals surface area contributed by atoms with Crippen LogP contribution in [0, 0.1) is 0 Å². The summed E-state index contributed by atoms with van der Waals surface area (Å²) in [7, 11) is 1.51. The number of benzene rings is 2. The Morgan fingerprint density at radius 3 is 2.72 bits per heavy atom. The number of nitrogens with zero attached hydrogens (tertiary/aromatic N) is 1. The SMILES string of the molecule is COc1cccc(/C(O)=C2/C(=O)C(=O)N(Cc3ccc4c(c3)OCO4)C2c2ccco2)c1. The third-order valence-electron chi connectivity index (χ3n) is 5.49. The van der Waals surface area contributed by atoms with E-state index >= 15 is 0 Å². The number of Topliss-reactive ketones (excluding diaryl/α,β-unsaturated/α-hetero) is 1. The second kappa shape index (κ2) is 7.81. The fraction of sp³-hybridized carbons (Fsp3) is 0.167. The maximum absolute atomic E-state index is 13.0. The van der Waals surface area contributed by atoms with Crippen LogP contribution in [0.2, 0.25) is 0 Å². The highest BCUT2D eigenvalue weighted by Crippen LogP contribution is 2.41. The number of hydrogen-bond donors (Lipinski definition) is 1. The maximum atomic E-state index is 13.0. The van der Waals surface area contributed by atoms with Crippen LogP contribution in [-0.4, -0.2) is 35.6 Å². The molecule has 8 nitrogen and oxygen atoms in total. The number of methoxy groups -OCH3 is 1. The molecule has 0 aliphatic carbocycles. The molecule has 0 spiro atoms. The number of likely N-dealkylation sites (tertiary alicyclic amines) is 1. The molecule has 0 radical (unpaired) electrons. The van der Waals surface area contributed by atoms with Gasteiger partial charge in [0.2, 0.25) is 6.79 Å². The number of aliphatic hydroxyl groups excluding tert-OH is 1. The lowest BCUT2D eigenvalue weighted by molar-refractivity contribution is -0.140. The number of furan rings is 1. The Bertz CT molecular complexity index is 1230. The zero-order chi connectivity index (χ0) is 22.2. The topological polar surface area (TPSA) is 98.4 Å². The van der Waals surface area contributed by atoms with Crippen molar-refractivity contribution in [2.24, 2.45) is 0 Å². The summed E-state index contributed by atoms with van der Waals surface area (Å²) in [6.07, 6.45) is 1.46. The Balaban J connectivity index is 1.58.